The Morgan fingerprint density at radius 2 is 1.86 bits per heavy atom. The first kappa shape index (κ1) is 15.0. The van der Waals surface area contributed by atoms with E-state index in [0.29, 0.717) is 5.69 Å². The third-order valence-corrected chi connectivity index (χ3v) is 3.12. The summed E-state index contributed by atoms with van der Waals surface area (Å²) in [4.78, 5) is 16.0. The zero-order valence-corrected chi connectivity index (χ0v) is 12.1. The van der Waals surface area contributed by atoms with Crippen molar-refractivity contribution in [3.63, 3.8) is 0 Å². The number of nitrogens with zero attached hydrogens (tertiary/aromatic N) is 1. The molecule has 21 heavy (non-hydrogen) atoms. The van der Waals surface area contributed by atoms with Crippen molar-refractivity contribution in [3.8, 4) is 0 Å². The van der Waals surface area contributed by atoms with E-state index in [-0.39, 0.29) is 17.8 Å². The van der Waals surface area contributed by atoms with E-state index in [1.165, 1.54) is 12.1 Å². The summed E-state index contributed by atoms with van der Waals surface area (Å²) in [7, 11) is 0. The zero-order chi connectivity index (χ0) is 15.2. The Hall–Kier alpha value is -2.43. The fraction of sp³-hybridized carbons (Fsp3) is 0.250. The highest BCUT2D eigenvalue weighted by Crippen LogP contribution is 2.16. The van der Waals surface area contributed by atoms with Crippen LogP contribution >= 0.6 is 0 Å². The number of rotatable bonds is 5. The van der Waals surface area contributed by atoms with E-state index < -0.39 is 0 Å². The molecule has 1 amide bonds. The first-order valence-corrected chi connectivity index (χ1v) is 6.88. The smallest absolute Gasteiger partial charge is 0.270 e. The third kappa shape index (κ3) is 4.27. The van der Waals surface area contributed by atoms with Crippen molar-refractivity contribution < 1.29 is 9.18 Å². The minimum absolute atomic E-state index is 0.122. The molecule has 2 N–H and O–H groups in total. The van der Waals surface area contributed by atoms with Crippen LogP contribution in [-0.2, 0) is 0 Å². The number of aromatic nitrogens is 1. The van der Waals surface area contributed by atoms with Crippen molar-refractivity contribution in [2.45, 2.75) is 26.3 Å². The molecular formula is C16H18FN3O. The normalized spacial score (nSPS) is 11.8. The average Bonchev–Trinajstić information content (AvgIpc) is 2.50. The van der Waals surface area contributed by atoms with Gasteiger partial charge in [0.2, 0.25) is 0 Å². The number of hydrogen-bond acceptors (Lipinski definition) is 3. The number of amides is 1. The number of carbonyl (C=O) groups excluding carboxylic acids is 1. The molecule has 1 unspecified atom stereocenters. The van der Waals surface area contributed by atoms with Crippen LogP contribution in [0.2, 0.25) is 0 Å². The lowest BCUT2D eigenvalue weighted by Crippen LogP contribution is -2.32. The summed E-state index contributed by atoms with van der Waals surface area (Å²) in [5.74, 6) is -0.464. The maximum absolute atomic E-state index is 12.8. The topological polar surface area (TPSA) is 54.0 Å². The molecule has 0 bridgehead atoms. The standard InChI is InChI=1S/C16H18FN3O/c1-3-11(2)19-16(21)15-9-8-14(10-18-15)20-13-6-4-12(17)5-7-13/h4-11,20H,3H2,1-2H3,(H,19,21). The predicted molar refractivity (Wildman–Crippen MR) is 81.1 cm³/mol. The number of halogens is 1. The van der Waals surface area contributed by atoms with Gasteiger partial charge < -0.3 is 10.6 Å². The summed E-state index contributed by atoms with van der Waals surface area (Å²) >= 11 is 0. The maximum atomic E-state index is 12.8. The Morgan fingerprint density at radius 3 is 2.43 bits per heavy atom. The van der Waals surface area contributed by atoms with Crippen LogP contribution in [-0.4, -0.2) is 16.9 Å². The Labute approximate surface area is 123 Å². The summed E-state index contributed by atoms with van der Waals surface area (Å²) < 4.78 is 12.8. The summed E-state index contributed by atoms with van der Waals surface area (Å²) in [6, 6.07) is 9.58. The van der Waals surface area contributed by atoms with Gasteiger partial charge in [0.1, 0.15) is 11.5 Å². The fourth-order valence-electron chi connectivity index (χ4n) is 1.70. The molecule has 0 aliphatic rings. The number of anilines is 2. The Morgan fingerprint density at radius 1 is 1.19 bits per heavy atom. The van der Waals surface area contributed by atoms with E-state index in [9.17, 15) is 9.18 Å². The van der Waals surface area contributed by atoms with Crippen molar-refractivity contribution >= 4 is 17.3 Å². The van der Waals surface area contributed by atoms with E-state index in [1.807, 2.05) is 13.8 Å². The molecule has 0 saturated heterocycles. The minimum Gasteiger partial charge on any atom is -0.354 e. The Bertz CT molecular complexity index is 596. The quantitative estimate of drug-likeness (QED) is 0.885. The van der Waals surface area contributed by atoms with Crippen LogP contribution in [0.1, 0.15) is 30.8 Å². The third-order valence-electron chi connectivity index (χ3n) is 3.12. The highest BCUT2D eigenvalue weighted by atomic mass is 19.1. The molecular weight excluding hydrogens is 269 g/mol. The van der Waals surface area contributed by atoms with Gasteiger partial charge in [0.25, 0.3) is 5.91 Å². The van der Waals surface area contributed by atoms with Gasteiger partial charge in [0.05, 0.1) is 11.9 Å². The number of hydrogen-bond donors (Lipinski definition) is 2. The second-order valence-corrected chi connectivity index (χ2v) is 4.85. The zero-order valence-electron chi connectivity index (χ0n) is 12.1. The van der Waals surface area contributed by atoms with Crippen LogP contribution in [0.25, 0.3) is 0 Å². The largest absolute Gasteiger partial charge is 0.354 e. The summed E-state index contributed by atoms with van der Waals surface area (Å²) in [5.41, 5.74) is 1.87. The molecule has 1 heterocycles. The van der Waals surface area contributed by atoms with Crippen LogP contribution in [0.5, 0.6) is 0 Å². The molecule has 0 aliphatic carbocycles. The van der Waals surface area contributed by atoms with Gasteiger partial charge in [-0.1, -0.05) is 6.92 Å². The van der Waals surface area contributed by atoms with Gasteiger partial charge in [-0.15, -0.1) is 0 Å². The molecule has 1 aromatic carbocycles. The lowest BCUT2D eigenvalue weighted by molar-refractivity contribution is 0.0934. The molecule has 4 nitrogen and oxygen atoms in total. The maximum Gasteiger partial charge on any atom is 0.270 e. The molecule has 0 radical (unpaired) electrons. The highest BCUT2D eigenvalue weighted by molar-refractivity contribution is 5.92. The van der Waals surface area contributed by atoms with Gasteiger partial charge >= 0.3 is 0 Å². The summed E-state index contributed by atoms with van der Waals surface area (Å²) in [6.45, 7) is 3.95. The minimum atomic E-state index is -0.282. The first-order valence-electron chi connectivity index (χ1n) is 6.88. The first-order chi connectivity index (χ1) is 10.1. The second-order valence-electron chi connectivity index (χ2n) is 4.85. The predicted octanol–water partition coefficient (Wildman–Crippen LogP) is 3.49. The van der Waals surface area contributed by atoms with Gasteiger partial charge in [-0.05, 0) is 49.7 Å². The molecule has 1 atom stereocenters. The second kappa shape index (κ2) is 6.83. The van der Waals surface area contributed by atoms with Crippen molar-refractivity contribution in [2.24, 2.45) is 0 Å². The lowest BCUT2D eigenvalue weighted by Gasteiger charge is -2.11. The lowest BCUT2D eigenvalue weighted by atomic mass is 10.2. The van der Waals surface area contributed by atoms with Gasteiger partial charge in [-0.2, -0.15) is 0 Å². The van der Waals surface area contributed by atoms with Crippen LogP contribution in [0.15, 0.2) is 42.6 Å². The highest BCUT2D eigenvalue weighted by Gasteiger charge is 2.09. The number of pyridine rings is 1. The summed E-state index contributed by atoms with van der Waals surface area (Å²) in [6.07, 6.45) is 2.45. The molecule has 0 aliphatic heterocycles. The van der Waals surface area contributed by atoms with Gasteiger partial charge in [0.15, 0.2) is 0 Å². The van der Waals surface area contributed by atoms with Gasteiger partial charge in [-0.3, -0.25) is 4.79 Å². The van der Waals surface area contributed by atoms with Gasteiger partial charge in [-0.25, -0.2) is 9.37 Å². The van der Waals surface area contributed by atoms with Gasteiger partial charge in [0, 0.05) is 11.7 Å². The van der Waals surface area contributed by atoms with Crippen molar-refractivity contribution in [1.82, 2.24) is 10.3 Å². The summed E-state index contributed by atoms with van der Waals surface area (Å²) in [5, 5.41) is 5.95. The van der Waals surface area contributed by atoms with E-state index in [2.05, 4.69) is 15.6 Å². The fourth-order valence-corrected chi connectivity index (χ4v) is 1.70. The van der Waals surface area contributed by atoms with Crippen LogP contribution in [0, 0.1) is 5.82 Å². The molecule has 110 valence electrons. The number of nitrogens with one attached hydrogen (secondary N) is 2. The average molecular weight is 287 g/mol. The number of carbonyl (C=O) groups is 1. The van der Waals surface area contributed by atoms with Crippen molar-refractivity contribution in [2.75, 3.05) is 5.32 Å². The Balaban J connectivity index is 2.01. The Kier molecular flexibility index (Phi) is 4.87. The van der Waals surface area contributed by atoms with Crippen LogP contribution in [0.4, 0.5) is 15.8 Å². The molecule has 5 heteroatoms. The van der Waals surface area contributed by atoms with E-state index >= 15 is 0 Å². The van der Waals surface area contributed by atoms with Crippen molar-refractivity contribution in [3.05, 3.63) is 54.1 Å². The monoisotopic (exact) mass is 287 g/mol. The molecule has 0 spiro atoms. The van der Waals surface area contributed by atoms with Crippen LogP contribution < -0.4 is 10.6 Å². The molecule has 0 fully saturated rings. The molecule has 0 saturated carbocycles. The van der Waals surface area contributed by atoms with Crippen molar-refractivity contribution in [1.29, 1.82) is 0 Å². The molecule has 1 aromatic heterocycles. The van der Waals surface area contributed by atoms with E-state index in [4.69, 9.17) is 0 Å². The van der Waals surface area contributed by atoms with E-state index in [0.717, 1.165) is 17.8 Å². The van der Waals surface area contributed by atoms with E-state index in [1.54, 1.807) is 30.5 Å². The molecule has 2 aromatic rings. The SMILES string of the molecule is CCC(C)NC(=O)c1ccc(Nc2ccc(F)cc2)cn1. The van der Waals surface area contributed by atoms with Crippen LogP contribution in [0.3, 0.4) is 0 Å². The molecule has 2 rings (SSSR count). The number of benzene rings is 1.